The molecule has 0 heterocycles. The van der Waals surface area contributed by atoms with E-state index in [1.165, 1.54) is 0 Å². The molecule has 0 nitrogen and oxygen atoms in total. The first kappa shape index (κ1) is 11.1. The summed E-state index contributed by atoms with van der Waals surface area (Å²) >= 11 is 0. The molecule has 1 atom stereocenters. The van der Waals surface area contributed by atoms with Gasteiger partial charge in [-0.25, -0.2) is 0 Å². The molecule has 0 aliphatic carbocycles. The van der Waals surface area contributed by atoms with Gasteiger partial charge in [0.25, 0.3) is 0 Å². The lowest BCUT2D eigenvalue weighted by molar-refractivity contribution is 0.558. The highest BCUT2D eigenvalue weighted by Crippen LogP contribution is 2.08. The van der Waals surface area contributed by atoms with Crippen molar-refractivity contribution in [2.45, 2.75) is 40.0 Å². The molecule has 66 valence electrons. The average Bonchev–Trinajstić information content (AvgIpc) is 2.00. The minimum atomic E-state index is 0.491. The van der Waals surface area contributed by atoms with Gasteiger partial charge in [-0.2, -0.15) is 0 Å². The third-order valence-corrected chi connectivity index (χ3v) is 1.62. The smallest absolute Gasteiger partial charge is 0.0146 e. The van der Waals surface area contributed by atoms with Gasteiger partial charge in [0.1, 0.15) is 0 Å². The SMILES string of the molecule is C#CCCC(C)CC#CC(C)C. The quantitative estimate of drug-likeness (QED) is 0.559. The molecule has 0 aromatic carbocycles. The summed E-state index contributed by atoms with van der Waals surface area (Å²) in [4.78, 5) is 0. The molecule has 0 amide bonds. The number of terminal acetylenes is 1. The van der Waals surface area contributed by atoms with Crippen LogP contribution in [0.2, 0.25) is 0 Å². The van der Waals surface area contributed by atoms with Crippen molar-refractivity contribution in [3.05, 3.63) is 0 Å². The van der Waals surface area contributed by atoms with Crippen LogP contribution >= 0.6 is 0 Å². The Hall–Kier alpha value is -0.880. The van der Waals surface area contributed by atoms with Gasteiger partial charge in [0.05, 0.1) is 0 Å². The van der Waals surface area contributed by atoms with E-state index in [1.807, 2.05) is 0 Å². The predicted octanol–water partition coefficient (Wildman–Crippen LogP) is 3.09. The topological polar surface area (TPSA) is 0 Å². The Morgan fingerprint density at radius 1 is 1.25 bits per heavy atom. The first-order chi connectivity index (χ1) is 5.66. The first-order valence-corrected chi connectivity index (χ1v) is 4.58. The fraction of sp³-hybridized carbons (Fsp3) is 0.667. The van der Waals surface area contributed by atoms with Crippen molar-refractivity contribution < 1.29 is 0 Å². The minimum absolute atomic E-state index is 0.491. The van der Waals surface area contributed by atoms with Crippen LogP contribution in [0.1, 0.15) is 40.0 Å². The Morgan fingerprint density at radius 3 is 2.42 bits per heavy atom. The van der Waals surface area contributed by atoms with Crippen molar-refractivity contribution in [3.8, 4) is 24.2 Å². The van der Waals surface area contributed by atoms with Crippen LogP contribution in [0, 0.1) is 36.0 Å². The van der Waals surface area contributed by atoms with Gasteiger partial charge in [0.15, 0.2) is 0 Å². The van der Waals surface area contributed by atoms with Gasteiger partial charge in [0, 0.05) is 18.8 Å². The van der Waals surface area contributed by atoms with Crippen molar-refractivity contribution in [2.24, 2.45) is 11.8 Å². The zero-order valence-corrected chi connectivity index (χ0v) is 8.35. The highest BCUT2D eigenvalue weighted by molar-refractivity contribution is 5.02. The highest BCUT2D eigenvalue weighted by Gasteiger charge is 1.97. The van der Waals surface area contributed by atoms with Gasteiger partial charge in [-0.05, 0) is 12.3 Å². The van der Waals surface area contributed by atoms with E-state index < -0.39 is 0 Å². The second-order valence-corrected chi connectivity index (χ2v) is 3.53. The Balaban J connectivity index is 3.53. The summed E-state index contributed by atoms with van der Waals surface area (Å²) in [5.74, 6) is 10.1. The monoisotopic (exact) mass is 162 g/mol. The summed E-state index contributed by atoms with van der Waals surface area (Å²) < 4.78 is 0. The maximum atomic E-state index is 5.17. The molecule has 1 unspecified atom stereocenters. The maximum absolute atomic E-state index is 5.17. The summed E-state index contributed by atoms with van der Waals surface area (Å²) in [5, 5.41) is 0. The zero-order valence-electron chi connectivity index (χ0n) is 8.35. The number of hydrogen-bond acceptors (Lipinski definition) is 0. The lowest BCUT2D eigenvalue weighted by Gasteiger charge is -2.02. The molecule has 0 aliphatic rings. The third-order valence-electron chi connectivity index (χ3n) is 1.62. The summed E-state index contributed by atoms with van der Waals surface area (Å²) in [7, 11) is 0. The lowest BCUT2D eigenvalue weighted by atomic mass is 10.0. The van der Waals surface area contributed by atoms with E-state index in [4.69, 9.17) is 6.42 Å². The molecular formula is C12H18. The van der Waals surface area contributed by atoms with Gasteiger partial charge >= 0.3 is 0 Å². The molecule has 0 aromatic rings. The minimum Gasteiger partial charge on any atom is -0.120 e. The van der Waals surface area contributed by atoms with Crippen molar-refractivity contribution in [3.63, 3.8) is 0 Å². The van der Waals surface area contributed by atoms with Gasteiger partial charge in [-0.15, -0.1) is 24.2 Å². The molecule has 0 bridgehead atoms. The lowest BCUT2D eigenvalue weighted by Crippen LogP contribution is -1.92. The fourth-order valence-corrected chi connectivity index (χ4v) is 0.869. The maximum Gasteiger partial charge on any atom is 0.0146 e. The number of hydrogen-bond donors (Lipinski definition) is 0. The van der Waals surface area contributed by atoms with Gasteiger partial charge in [-0.1, -0.05) is 20.8 Å². The molecule has 0 fully saturated rings. The Kier molecular flexibility index (Phi) is 6.31. The van der Waals surface area contributed by atoms with Crippen LogP contribution in [-0.4, -0.2) is 0 Å². The largest absolute Gasteiger partial charge is 0.120 e. The second kappa shape index (κ2) is 6.81. The van der Waals surface area contributed by atoms with Crippen LogP contribution in [0.25, 0.3) is 0 Å². The van der Waals surface area contributed by atoms with E-state index in [-0.39, 0.29) is 0 Å². The summed E-state index contributed by atoms with van der Waals surface area (Å²) in [5.41, 5.74) is 0. The molecule has 0 spiro atoms. The van der Waals surface area contributed by atoms with E-state index in [2.05, 4.69) is 38.5 Å². The third kappa shape index (κ3) is 7.23. The molecule has 0 saturated heterocycles. The molecule has 0 aromatic heterocycles. The van der Waals surface area contributed by atoms with Gasteiger partial charge in [-0.3, -0.25) is 0 Å². The molecular weight excluding hydrogens is 144 g/mol. The predicted molar refractivity (Wildman–Crippen MR) is 54.5 cm³/mol. The van der Waals surface area contributed by atoms with Crippen LogP contribution in [0.3, 0.4) is 0 Å². The van der Waals surface area contributed by atoms with Crippen molar-refractivity contribution in [2.75, 3.05) is 0 Å². The summed E-state index contributed by atoms with van der Waals surface area (Å²) in [6, 6.07) is 0. The highest BCUT2D eigenvalue weighted by atomic mass is 14.0. The summed E-state index contributed by atoms with van der Waals surface area (Å²) in [6.45, 7) is 6.42. The van der Waals surface area contributed by atoms with Crippen LogP contribution in [0.4, 0.5) is 0 Å². The molecule has 0 saturated carbocycles. The molecule has 12 heavy (non-hydrogen) atoms. The standard InChI is InChI=1S/C12H18/c1-5-6-9-12(4)10-7-8-11(2)3/h1,11-12H,6,9-10H2,2-4H3. The Morgan fingerprint density at radius 2 is 1.92 bits per heavy atom. The van der Waals surface area contributed by atoms with Crippen molar-refractivity contribution >= 4 is 0 Å². The molecule has 0 heteroatoms. The molecule has 0 rings (SSSR count). The summed E-state index contributed by atoms with van der Waals surface area (Å²) in [6.07, 6.45) is 8.13. The fourth-order valence-electron chi connectivity index (χ4n) is 0.869. The van der Waals surface area contributed by atoms with Crippen LogP contribution < -0.4 is 0 Å². The first-order valence-electron chi connectivity index (χ1n) is 4.58. The van der Waals surface area contributed by atoms with E-state index in [9.17, 15) is 0 Å². The molecule has 0 aliphatic heterocycles. The van der Waals surface area contributed by atoms with Crippen molar-refractivity contribution in [1.29, 1.82) is 0 Å². The molecule has 0 radical (unpaired) electrons. The van der Waals surface area contributed by atoms with E-state index >= 15 is 0 Å². The Bertz CT molecular complexity index is 194. The van der Waals surface area contributed by atoms with E-state index in [1.54, 1.807) is 0 Å². The van der Waals surface area contributed by atoms with Gasteiger partial charge in [0.2, 0.25) is 0 Å². The van der Waals surface area contributed by atoms with Crippen LogP contribution in [-0.2, 0) is 0 Å². The normalized spacial score (nSPS) is 11.6. The van der Waals surface area contributed by atoms with Gasteiger partial charge < -0.3 is 0 Å². The number of rotatable bonds is 3. The average molecular weight is 162 g/mol. The van der Waals surface area contributed by atoms with Crippen LogP contribution in [0.15, 0.2) is 0 Å². The van der Waals surface area contributed by atoms with E-state index in [0.717, 1.165) is 19.3 Å². The zero-order chi connectivity index (χ0) is 9.40. The second-order valence-electron chi connectivity index (χ2n) is 3.53. The Labute approximate surface area is 76.8 Å². The molecule has 0 N–H and O–H groups in total. The van der Waals surface area contributed by atoms with Crippen molar-refractivity contribution in [1.82, 2.24) is 0 Å². The van der Waals surface area contributed by atoms with Crippen LogP contribution in [0.5, 0.6) is 0 Å². The van der Waals surface area contributed by atoms with E-state index in [0.29, 0.717) is 11.8 Å².